The van der Waals surface area contributed by atoms with Crippen LogP contribution in [0.2, 0.25) is 0 Å². The fraction of sp³-hybridized carbons (Fsp3) is 0.364. The molecule has 0 bridgehead atoms. The molecule has 0 aliphatic carbocycles. The van der Waals surface area contributed by atoms with E-state index in [9.17, 15) is 4.79 Å². The molecule has 136 valence electrons. The number of hydrogen-bond donors (Lipinski definition) is 1. The molecule has 0 amide bonds. The van der Waals surface area contributed by atoms with Crippen molar-refractivity contribution in [3.8, 4) is 0 Å². The van der Waals surface area contributed by atoms with E-state index in [1.807, 2.05) is 34.9 Å². The van der Waals surface area contributed by atoms with Crippen LogP contribution in [0.4, 0.5) is 0 Å². The summed E-state index contributed by atoms with van der Waals surface area (Å²) < 4.78 is 1.85. The van der Waals surface area contributed by atoms with Crippen LogP contribution in [0.3, 0.4) is 0 Å². The minimum Gasteiger partial charge on any atom is -0.307 e. The molecule has 3 rings (SSSR count). The lowest BCUT2D eigenvalue weighted by Gasteiger charge is -2.21. The second kappa shape index (κ2) is 8.77. The van der Waals surface area contributed by atoms with Crippen molar-refractivity contribution in [3.05, 3.63) is 76.3 Å². The second-order valence-corrected chi connectivity index (χ2v) is 6.59. The molecule has 0 fully saturated rings. The van der Waals surface area contributed by atoms with E-state index < -0.39 is 0 Å². The first-order valence-corrected chi connectivity index (χ1v) is 9.51. The maximum atomic E-state index is 13.0. The Morgan fingerprint density at radius 3 is 2.50 bits per heavy atom. The minimum atomic E-state index is 0.0655. The molecule has 0 saturated carbocycles. The lowest BCUT2D eigenvalue weighted by Crippen LogP contribution is -2.33. The van der Waals surface area contributed by atoms with Gasteiger partial charge in [-0.25, -0.2) is 4.98 Å². The zero-order valence-corrected chi connectivity index (χ0v) is 15.6. The highest BCUT2D eigenvalue weighted by atomic mass is 16.1. The largest absolute Gasteiger partial charge is 0.307 e. The van der Waals surface area contributed by atoms with Crippen LogP contribution < -0.4 is 10.9 Å². The summed E-state index contributed by atoms with van der Waals surface area (Å²) in [7, 11) is 0. The SMILES string of the molecule is CCCn1c([C@@H](CC)NCCc2ccccc2)nc2ccccc2c1=O. The molecule has 1 aromatic heterocycles. The van der Waals surface area contributed by atoms with Crippen molar-refractivity contribution in [3.63, 3.8) is 0 Å². The predicted octanol–water partition coefficient (Wildman–Crippen LogP) is 4.09. The van der Waals surface area contributed by atoms with Crippen LogP contribution in [-0.4, -0.2) is 16.1 Å². The van der Waals surface area contributed by atoms with Crippen LogP contribution in [-0.2, 0) is 13.0 Å². The van der Waals surface area contributed by atoms with Gasteiger partial charge in [-0.3, -0.25) is 9.36 Å². The van der Waals surface area contributed by atoms with Crippen molar-refractivity contribution < 1.29 is 0 Å². The quantitative estimate of drug-likeness (QED) is 0.666. The number of nitrogens with zero attached hydrogens (tertiary/aromatic N) is 2. The zero-order chi connectivity index (χ0) is 18.4. The van der Waals surface area contributed by atoms with E-state index >= 15 is 0 Å². The molecular weight excluding hydrogens is 322 g/mol. The molecule has 0 saturated heterocycles. The lowest BCUT2D eigenvalue weighted by atomic mass is 10.1. The number of fused-ring (bicyclic) bond motifs is 1. The van der Waals surface area contributed by atoms with Crippen LogP contribution >= 0.6 is 0 Å². The Balaban J connectivity index is 1.87. The van der Waals surface area contributed by atoms with E-state index in [4.69, 9.17) is 4.98 Å². The number of aromatic nitrogens is 2. The predicted molar refractivity (Wildman–Crippen MR) is 107 cm³/mol. The number of nitrogens with one attached hydrogen (secondary N) is 1. The van der Waals surface area contributed by atoms with Gasteiger partial charge in [0.2, 0.25) is 0 Å². The molecule has 3 aromatic rings. The van der Waals surface area contributed by atoms with Gasteiger partial charge in [-0.15, -0.1) is 0 Å². The molecule has 0 aliphatic heterocycles. The summed E-state index contributed by atoms with van der Waals surface area (Å²) >= 11 is 0. The molecule has 0 spiro atoms. The molecule has 1 N–H and O–H groups in total. The highest BCUT2D eigenvalue weighted by Crippen LogP contribution is 2.17. The average Bonchev–Trinajstić information content (AvgIpc) is 2.68. The molecule has 1 atom stereocenters. The Kier molecular flexibility index (Phi) is 6.18. The Hall–Kier alpha value is -2.46. The van der Waals surface area contributed by atoms with Gasteiger partial charge in [0.25, 0.3) is 5.56 Å². The number of rotatable bonds is 8. The molecule has 26 heavy (non-hydrogen) atoms. The summed E-state index contributed by atoms with van der Waals surface area (Å²) in [5.74, 6) is 0.853. The van der Waals surface area contributed by atoms with Crippen LogP contribution in [0.25, 0.3) is 10.9 Å². The first-order valence-electron chi connectivity index (χ1n) is 9.51. The van der Waals surface area contributed by atoms with Crippen LogP contribution in [0, 0.1) is 0 Å². The van der Waals surface area contributed by atoms with E-state index in [1.165, 1.54) is 5.56 Å². The van der Waals surface area contributed by atoms with E-state index in [1.54, 1.807) is 0 Å². The van der Waals surface area contributed by atoms with Gasteiger partial charge < -0.3 is 5.32 Å². The highest BCUT2D eigenvalue weighted by Gasteiger charge is 2.18. The normalized spacial score (nSPS) is 12.4. The summed E-state index contributed by atoms with van der Waals surface area (Å²) in [5.41, 5.74) is 2.16. The summed E-state index contributed by atoms with van der Waals surface area (Å²) in [4.78, 5) is 17.8. The van der Waals surface area contributed by atoms with Gasteiger partial charge in [-0.05, 0) is 43.5 Å². The molecule has 0 radical (unpaired) electrons. The first-order chi connectivity index (χ1) is 12.7. The monoisotopic (exact) mass is 349 g/mol. The minimum absolute atomic E-state index is 0.0655. The summed E-state index contributed by atoms with van der Waals surface area (Å²) in [5, 5.41) is 4.30. The van der Waals surface area contributed by atoms with Crippen LogP contribution in [0.5, 0.6) is 0 Å². The third-order valence-electron chi connectivity index (χ3n) is 4.71. The fourth-order valence-corrected chi connectivity index (χ4v) is 3.34. The Labute approximate surface area is 154 Å². The van der Waals surface area contributed by atoms with Gasteiger partial charge in [-0.2, -0.15) is 0 Å². The maximum Gasteiger partial charge on any atom is 0.261 e. The number of benzene rings is 2. The molecule has 0 aliphatic rings. The second-order valence-electron chi connectivity index (χ2n) is 6.59. The van der Waals surface area contributed by atoms with Gasteiger partial charge in [0, 0.05) is 6.54 Å². The Morgan fingerprint density at radius 1 is 1.04 bits per heavy atom. The van der Waals surface area contributed by atoms with Crippen molar-refractivity contribution in [2.24, 2.45) is 0 Å². The molecule has 0 unspecified atom stereocenters. The zero-order valence-electron chi connectivity index (χ0n) is 15.6. The molecule has 1 heterocycles. The van der Waals surface area contributed by atoms with Crippen molar-refractivity contribution in [1.82, 2.24) is 14.9 Å². The summed E-state index contributed by atoms with van der Waals surface area (Å²) in [6.07, 6.45) is 2.76. The maximum absolute atomic E-state index is 13.0. The molecule has 4 nitrogen and oxygen atoms in total. The standard InChI is InChI=1S/C22H27N3O/c1-3-16-25-21(24-20-13-9-8-12-18(20)22(25)26)19(4-2)23-15-14-17-10-6-5-7-11-17/h5-13,19,23H,3-4,14-16H2,1-2H3/t19-/m1/s1. The lowest BCUT2D eigenvalue weighted by molar-refractivity contribution is 0.459. The Morgan fingerprint density at radius 2 is 1.77 bits per heavy atom. The van der Waals surface area contributed by atoms with E-state index in [0.717, 1.165) is 37.1 Å². The van der Waals surface area contributed by atoms with Gasteiger partial charge in [0.1, 0.15) is 5.82 Å². The van der Waals surface area contributed by atoms with E-state index in [0.29, 0.717) is 11.9 Å². The topological polar surface area (TPSA) is 46.9 Å². The smallest absolute Gasteiger partial charge is 0.261 e. The van der Waals surface area contributed by atoms with Crippen molar-refractivity contribution in [2.45, 2.75) is 45.7 Å². The number of hydrogen-bond acceptors (Lipinski definition) is 3. The summed E-state index contributed by atoms with van der Waals surface area (Å²) in [6, 6.07) is 18.2. The van der Waals surface area contributed by atoms with E-state index in [-0.39, 0.29) is 11.6 Å². The van der Waals surface area contributed by atoms with E-state index in [2.05, 4.69) is 43.4 Å². The fourth-order valence-electron chi connectivity index (χ4n) is 3.34. The van der Waals surface area contributed by atoms with Crippen molar-refractivity contribution in [2.75, 3.05) is 6.54 Å². The third kappa shape index (κ3) is 4.02. The van der Waals surface area contributed by atoms with Crippen LogP contribution in [0.15, 0.2) is 59.4 Å². The highest BCUT2D eigenvalue weighted by molar-refractivity contribution is 5.77. The summed E-state index contributed by atoms with van der Waals surface area (Å²) in [6.45, 7) is 5.78. The van der Waals surface area contributed by atoms with Crippen molar-refractivity contribution >= 4 is 10.9 Å². The van der Waals surface area contributed by atoms with Crippen LogP contribution in [0.1, 0.15) is 44.1 Å². The molecule has 4 heteroatoms. The third-order valence-corrected chi connectivity index (χ3v) is 4.71. The van der Waals surface area contributed by atoms with Gasteiger partial charge >= 0.3 is 0 Å². The molecule has 2 aromatic carbocycles. The van der Waals surface area contributed by atoms with Gasteiger partial charge in [-0.1, -0.05) is 56.3 Å². The van der Waals surface area contributed by atoms with Gasteiger partial charge in [0.15, 0.2) is 0 Å². The van der Waals surface area contributed by atoms with Gasteiger partial charge in [0.05, 0.1) is 16.9 Å². The Bertz CT molecular complexity index is 902. The van der Waals surface area contributed by atoms with Crippen molar-refractivity contribution in [1.29, 1.82) is 0 Å². The first kappa shape index (κ1) is 18.3. The molecular formula is C22H27N3O. The number of para-hydroxylation sites is 1. The average molecular weight is 349 g/mol.